The van der Waals surface area contributed by atoms with Crippen LogP contribution in [0.15, 0.2) is 18.2 Å². The highest BCUT2D eigenvalue weighted by atomic mass is 16.5. The first-order valence-corrected chi connectivity index (χ1v) is 4.99. The van der Waals surface area contributed by atoms with Crippen LogP contribution in [0.2, 0.25) is 0 Å². The minimum Gasteiger partial charge on any atom is -0.497 e. The molecule has 0 saturated heterocycles. The second-order valence-corrected chi connectivity index (χ2v) is 3.89. The van der Waals surface area contributed by atoms with Crippen LogP contribution in [0, 0.1) is 6.92 Å². The molecule has 78 valence electrons. The van der Waals surface area contributed by atoms with E-state index in [0.717, 1.165) is 12.3 Å². The number of hydrogen-bond donors (Lipinski definition) is 1. The summed E-state index contributed by atoms with van der Waals surface area (Å²) in [5.74, 6) is 0.936. The molecule has 0 radical (unpaired) electrons. The van der Waals surface area contributed by atoms with E-state index in [9.17, 15) is 0 Å². The summed E-state index contributed by atoms with van der Waals surface area (Å²) in [6.45, 7) is 7.27. The Morgan fingerprint density at radius 1 is 1.29 bits per heavy atom. The summed E-state index contributed by atoms with van der Waals surface area (Å²) in [5, 5.41) is 3.38. The second kappa shape index (κ2) is 5.01. The first kappa shape index (κ1) is 11.1. The first-order chi connectivity index (χ1) is 6.61. The Kier molecular flexibility index (Phi) is 3.96. The van der Waals surface area contributed by atoms with Crippen molar-refractivity contribution < 1.29 is 4.74 Å². The van der Waals surface area contributed by atoms with Crippen molar-refractivity contribution >= 4 is 0 Å². The van der Waals surface area contributed by atoms with Gasteiger partial charge in [-0.2, -0.15) is 0 Å². The predicted octanol–water partition coefficient (Wildman–Crippen LogP) is 2.50. The van der Waals surface area contributed by atoms with Gasteiger partial charge >= 0.3 is 0 Å². The van der Waals surface area contributed by atoms with Crippen molar-refractivity contribution in [2.45, 2.75) is 33.4 Å². The van der Waals surface area contributed by atoms with E-state index >= 15 is 0 Å². The van der Waals surface area contributed by atoms with Gasteiger partial charge in [-0.3, -0.25) is 0 Å². The van der Waals surface area contributed by atoms with E-state index in [1.807, 2.05) is 6.07 Å². The summed E-state index contributed by atoms with van der Waals surface area (Å²) in [5.41, 5.74) is 2.51. The Morgan fingerprint density at radius 2 is 2.00 bits per heavy atom. The third-order valence-corrected chi connectivity index (χ3v) is 2.06. The van der Waals surface area contributed by atoms with Gasteiger partial charge in [0.2, 0.25) is 0 Å². The molecule has 0 aromatic heterocycles. The van der Waals surface area contributed by atoms with E-state index in [-0.39, 0.29) is 0 Å². The second-order valence-electron chi connectivity index (χ2n) is 3.89. The average Bonchev–Trinajstić information content (AvgIpc) is 2.14. The van der Waals surface area contributed by atoms with Crippen LogP contribution in [0.1, 0.15) is 25.0 Å². The molecule has 0 fully saturated rings. The first-order valence-electron chi connectivity index (χ1n) is 4.99. The molecule has 0 aliphatic carbocycles. The number of methoxy groups -OCH3 is 1. The molecule has 1 aromatic rings. The van der Waals surface area contributed by atoms with Gasteiger partial charge in [-0.1, -0.05) is 19.9 Å². The molecule has 0 unspecified atom stereocenters. The quantitative estimate of drug-likeness (QED) is 0.793. The van der Waals surface area contributed by atoms with E-state index in [4.69, 9.17) is 4.74 Å². The maximum atomic E-state index is 5.21. The lowest BCUT2D eigenvalue weighted by atomic mass is 10.1. The number of ether oxygens (including phenoxy) is 1. The maximum absolute atomic E-state index is 5.21. The van der Waals surface area contributed by atoms with Gasteiger partial charge in [0, 0.05) is 12.6 Å². The van der Waals surface area contributed by atoms with Crippen molar-refractivity contribution in [3.05, 3.63) is 29.3 Å². The third-order valence-electron chi connectivity index (χ3n) is 2.06. The fourth-order valence-electron chi connectivity index (χ4n) is 1.37. The van der Waals surface area contributed by atoms with Crippen LogP contribution < -0.4 is 10.1 Å². The molecular weight excluding hydrogens is 174 g/mol. The molecule has 2 heteroatoms. The van der Waals surface area contributed by atoms with Gasteiger partial charge in [-0.15, -0.1) is 0 Å². The van der Waals surface area contributed by atoms with Gasteiger partial charge in [-0.05, 0) is 30.2 Å². The summed E-state index contributed by atoms with van der Waals surface area (Å²) >= 11 is 0. The van der Waals surface area contributed by atoms with E-state index < -0.39 is 0 Å². The van der Waals surface area contributed by atoms with E-state index in [0.29, 0.717) is 6.04 Å². The molecule has 0 amide bonds. The van der Waals surface area contributed by atoms with Crippen LogP contribution in [0.25, 0.3) is 0 Å². The summed E-state index contributed by atoms with van der Waals surface area (Å²) < 4.78 is 5.21. The SMILES string of the molecule is COc1cc(C)cc(CNC(C)C)c1. The Bertz CT molecular complexity index is 294. The van der Waals surface area contributed by atoms with Crippen molar-refractivity contribution in [2.75, 3.05) is 7.11 Å². The number of rotatable bonds is 4. The van der Waals surface area contributed by atoms with Crippen LogP contribution in [-0.4, -0.2) is 13.2 Å². The number of nitrogens with one attached hydrogen (secondary N) is 1. The van der Waals surface area contributed by atoms with Crippen molar-refractivity contribution in [3.63, 3.8) is 0 Å². The zero-order valence-electron chi connectivity index (χ0n) is 9.42. The fourth-order valence-corrected chi connectivity index (χ4v) is 1.37. The smallest absolute Gasteiger partial charge is 0.119 e. The third kappa shape index (κ3) is 3.38. The lowest BCUT2D eigenvalue weighted by Crippen LogP contribution is -2.21. The molecular formula is C12H19NO. The Hall–Kier alpha value is -1.02. The Balaban J connectivity index is 2.71. The molecule has 0 aliphatic heterocycles. The van der Waals surface area contributed by atoms with E-state index in [2.05, 4.69) is 38.2 Å². The molecule has 0 saturated carbocycles. The lowest BCUT2D eigenvalue weighted by Gasteiger charge is -2.10. The molecule has 0 aliphatic rings. The zero-order valence-corrected chi connectivity index (χ0v) is 9.42. The summed E-state index contributed by atoms with van der Waals surface area (Å²) in [6.07, 6.45) is 0. The van der Waals surface area contributed by atoms with Crippen LogP contribution in [0.5, 0.6) is 5.75 Å². The topological polar surface area (TPSA) is 21.3 Å². The summed E-state index contributed by atoms with van der Waals surface area (Å²) in [7, 11) is 1.70. The van der Waals surface area contributed by atoms with Gasteiger partial charge in [0.15, 0.2) is 0 Å². The minimum atomic E-state index is 0.515. The Labute approximate surface area is 86.3 Å². The average molecular weight is 193 g/mol. The Morgan fingerprint density at radius 3 is 2.57 bits per heavy atom. The van der Waals surface area contributed by atoms with Crippen LogP contribution in [0.4, 0.5) is 0 Å². The van der Waals surface area contributed by atoms with Crippen LogP contribution in [-0.2, 0) is 6.54 Å². The van der Waals surface area contributed by atoms with Crippen LogP contribution in [0.3, 0.4) is 0 Å². The zero-order chi connectivity index (χ0) is 10.6. The fraction of sp³-hybridized carbons (Fsp3) is 0.500. The highest BCUT2D eigenvalue weighted by molar-refractivity contribution is 5.33. The molecule has 0 heterocycles. The molecule has 2 nitrogen and oxygen atoms in total. The molecule has 1 rings (SSSR count). The molecule has 0 bridgehead atoms. The molecule has 14 heavy (non-hydrogen) atoms. The van der Waals surface area contributed by atoms with Crippen molar-refractivity contribution in [1.82, 2.24) is 5.32 Å². The van der Waals surface area contributed by atoms with Crippen molar-refractivity contribution in [3.8, 4) is 5.75 Å². The molecule has 1 aromatic carbocycles. The van der Waals surface area contributed by atoms with Crippen molar-refractivity contribution in [2.24, 2.45) is 0 Å². The van der Waals surface area contributed by atoms with E-state index in [1.165, 1.54) is 11.1 Å². The van der Waals surface area contributed by atoms with Gasteiger partial charge in [-0.25, -0.2) is 0 Å². The summed E-state index contributed by atoms with van der Waals surface area (Å²) in [6, 6.07) is 6.81. The molecule has 0 spiro atoms. The highest BCUT2D eigenvalue weighted by Crippen LogP contribution is 2.16. The number of benzene rings is 1. The highest BCUT2D eigenvalue weighted by Gasteiger charge is 1.99. The standard InChI is InChI=1S/C12H19NO/c1-9(2)13-8-11-5-10(3)6-12(7-11)14-4/h5-7,9,13H,8H2,1-4H3. The maximum Gasteiger partial charge on any atom is 0.119 e. The van der Waals surface area contributed by atoms with Crippen LogP contribution >= 0.6 is 0 Å². The monoisotopic (exact) mass is 193 g/mol. The predicted molar refractivity (Wildman–Crippen MR) is 59.7 cm³/mol. The minimum absolute atomic E-state index is 0.515. The van der Waals surface area contributed by atoms with Gasteiger partial charge < -0.3 is 10.1 Å². The normalized spacial score (nSPS) is 10.6. The van der Waals surface area contributed by atoms with Gasteiger partial charge in [0.05, 0.1) is 7.11 Å². The van der Waals surface area contributed by atoms with Crippen molar-refractivity contribution in [1.29, 1.82) is 0 Å². The van der Waals surface area contributed by atoms with E-state index in [1.54, 1.807) is 7.11 Å². The largest absolute Gasteiger partial charge is 0.497 e. The lowest BCUT2D eigenvalue weighted by molar-refractivity contribution is 0.413. The van der Waals surface area contributed by atoms with Gasteiger partial charge in [0.1, 0.15) is 5.75 Å². The molecule has 0 atom stereocenters. The number of aryl methyl sites for hydroxylation is 1. The van der Waals surface area contributed by atoms with Gasteiger partial charge in [0.25, 0.3) is 0 Å². The summed E-state index contributed by atoms with van der Waals surface area (Å²) in [4.78, 5) is 0. The molecule has 1 N–H and O–H groups in total. The number of hydrogen-bond acceptors (Lipinski definition) is 2.